The predicted molar refractivity (Wildman–Crippen MR) is 207 cm³/mol. The van der Waals surface area contributed by atoms with Gasteiger partial charge in [-0.05, 0) is 88.7 Å². The van der Waals surface area contributed by atoms with Crippen molar-refractivity contribution in [3.05, 3.63) is 144 Å². The normalized spacial score (nSPS) is 12.2. The Morgan fingerprint density at radius 1 is 0.460 bits per heavy atom. The van der Waals surface area contributed by atoms with Crippen LogP contribution in [0.2, 0.25) is 0 Å². The van der Waals surface area contributed by atoms with E-state index in [9.17, 15) is 10.5 Å². The highest BCUT2D eigenvalue weighted by molar-refractivity contribution is 6.14. The molecule has 0 amide bonds. The summed E-state index contributed by atoms with van der Waals surface area (Å²) in [5, 5.41) is 25.5. The zero-order chi connectivity index (χ0) is 34.9. The molecule has 4 heteroatoms. The van der Waals surface area contributed by atoms with Gasteiger partial charge in [0.15, 0.2) is 0 Å². The standard InChI is InChI=1S/C46H38N4/c1-45(2,3)31-19-21-40-35(23-31)36-24-32(46(4,5)6)20-22-41(36)50(40)43-25-37-34-17-10-11-18-39(34)49(33-15-8-7-9-16-33)42(37)26-38(43)44-29(27-47)13-12-14-30(44)28-48/h7-26H,1-6H3. The molecule has 0 aliphatic rings. The third kappa shape index (κ3) is 4.80. The van der Waals surface area contributed by atoms with Gasteiger partial charge in [-0.15, -0.1) is 0 Å². The maximum atomic E-state index is 10.5. The summed E-state index contributed by atoms with van der Waals surface area (Å²) in [6.07, 6.45) is 0. The van der Waals surface area contributed by atoms with Crippen molar-refractivity contribution in [2.75, 3.05) is 0 Å². The van der Waals surface area contributed by atoms with Crippen molar-refractivity contribution < 1.29 is 0 Å². The molecular formula is C46H38N4. The fourth-order valence-corrected chi connectivity index (χ4v) is 7.49. The van der Waals surface area contributed by atoms with E-state index in [2.05, 4.69) is 160 Å². The van der Waals surface area contributed by atoms with E-state index >= 15 is 0 Å². The molecule has 0 radical (unpaired) electrons. The van der Waals surface area contributed by atoms with Crippen molar-refractivity contribution in [3.63, 3.8) is 0 Å². The van der Waals surface area contributed by atoms with Crippen LogP contribution in [-0.4, -0.2) is 9.13 Å². The van der Waals surface area contributed by atoms with Gasteiger partial charge in [0.25, 0.3) is 0 Å². The van der Waals surface area contributed by atoms with E-state index in [1.165, 1.54) is 21.9 Å². The molecule has 6 aromatic carbocycles. The molecule has 0 saturated carbocycles. The van der Waals surface area contributed by atoms with Gasteiger partial charge in [0.05, 0.1) is 51.0 Å². The Hall–Kier alpha value is -6.10. The molecule has 8 aromatic rings. The molecular weight excluding hydrogens is 609 g/mol. The number of benzene rings is 6. The van der Waals surface area contributed by atoms with Crippen LogP contribution in [0.5, 0.6) is 0 Å². The number of hydrogen-bond donors (Lipinski definition) is 0. The minimum atomic E-state index is -0.0268. The Kier molecular flexibility index (Phi) is 7.00. The van der Waals surface area contributed by atoms with Crippen molar-refractivity contribution in [1.82, 2.24) is 9.13 Å². The average molecular weight is 647 g/mol. The summed E-state index contributed by atoms with van der Waals surface area (Å²) in [5.74, 6) is 0. The van der Waals surface area contributed by atoms with Crippen LogP contribution in [-0.2, 0) is 10.8 Å². The van der Waals surface area contributed by atoms with Crippen LogP contribution in [0, 0.1) is 22.7 Å². The first-order chi connectivity index (χ1) is 24.0. The summed E-state index contributed by atoms with van der Waals surface area (Å²) in [6, 6.07) is 47.3. The predicted octanol–water partition coefficient (Wildman–Crippen LogP) is 11.9. The molecule has 50 heavy (non-hydrogen) atoms. The third-order valence-electron chi connectivity index (χ3n) is 10.1. The van der Waals surface area contributed by atoms with Crippen LogP contribution in [0.4, 0.5) is 0 Å². The molecule has 2 heterocycles. The van der Waals surface area contributed by atoms with Crippen LogP contribution in [0.1, 0.15) is 63.8 Å². The third-order valence-corrected chi connectivity index (χ3v) is 10.1. The summed E-state index contributed by atoms with van der Waals surface area (Å²) >= 11 is 0. The molecule has 0 aliphatic heterocycles. The highest BCUT2D eigenvalue weighted by atomic mass is 15.0. The SMILES string of the molecule is CC(C)(C)c1ccc2c(c1)c1cc(C(C)(C)C)ccc1n2-c1cc2c3ccccc3n(-c3ccccc3)c2cc1-c1c(C#N)cccc1C#N. The van der Waals surface area contributed by atoms with E-state index in [0.29, 0.717) is 16.7 Å². The quantitative estimate of drug-likeness (QED) is 0.192. The fourth-order valence-electron chi connectivity index (χ4n) is 7.49. The second kappa shape index (κ2) is 11.2. The molecule has 0 fully saturated rings. The minimum absolute atomic E-state index is 0.0268. The van der Waals surface area contributed by atoms with Crippen LogP contribution < -0.4 is 0 Å². The largest absolute Gasteiger partial charge is 0.309 e. The number of rotatable bonds is 3. The summed E-state index contributed by atoms with van der Waals surface area (Å²) in [7, 11) is 0. The lowest BCUT2D eigenvalue weighted by Gasteiger charge is -2.20. The van der Waals surface area contributed by atoms with E-state index in [0.717, 1.165) is 49.8 Å². The molecule has 0 N–H and O–H groups in total. The number of para-hydroxylation sites is 2. The summed E-state index contributed by atoms with van der Waals surface area (Å²) in [4.78, 5) is 0. The van der Waals surface area contributed by atoms with Crippen molar-refractivity contribution in [2.45, 2.75) is 52.4 Å². The molecule has 0 unspecified atom stereocenters. The first-order valence-electron chi connectivity index (χ1n) is 17.2. The van der Waals surface area contributed by atoms with Gasteiger partial charge in [-0.1, -0.05) is 96.1 Å². The van der Waals surface area contributed by atoms with Gasteiger partial charge in [-0.3, -0.25) is 0 Å². The van der Waals surface area contributed by atoms with E-state index < -0.39 is 0 Å². The van der Waals surface area contributed by atoms with Crippen LogP contribution in [0.15, 0.2) is 121 Å². The van der Waals surface area contributed by atoms with E-state index in [1.54, 1.807) is 6.07 Å². The highest BCUT2D eigenvalue weighted by Crippen LogP contribution is 2.44. The lowest BCUT2D eigenvalue weighted by molar-refractivity contribution is 0.590. The first kappa shape index (κ1) is 31.2. The van der Waals surface area contributed by atoms with Crippen LogP contribution >= 0.6 is 0 Å². The van der Waals surface area contributed by atoms with Gasteiger partial charge in [0.1, 0.15) is 0 Å². The maximum Gasteiger partial charge on any atom is 0.0998 e. The number of hydrogen-bond acceptors (Lipinski definition) is 2. The van der Waals surface area contributed by atoms with E-state index in [4.69, 9.17) is 0 Å². The molecule has 0 atom stereocenters. The van der Waals surface area contributed by atoms with Gasteiger partial charge in [-0.25, -0.2) is 0 Å². The second-order valence-electron chi connectivity index (χ2n) is 15.3. The maximum absolute atomic E-state index is 10.5. The fraction of sp³-hybridized carbons (Fsp3) is 0.174. The Bertz CT molecular complexity index is 2630. The monoisotopic (exact) mass is 646 g/mol. The van der Waals surface area contributed by atoms with Crippen molar-refractivity contribution >= 4 is 43.6 Å². The second-order valence-corrected chi connectivity index (χ2v) is 15.3. The first-order valence-corrected chi connectivity index (χ1v) is 17.2. The van der Waals surface area contributed by atoms with Crippen LogP contribution in [0.3, 0.4) is 0 Å². The van der Waals surface area contributed by atoms with E-state index in [-0.39, 0.29) is 10.8 Å². The summed E-state index contributed by atoms with van der Waals surface area (Å²) in [6.45, 7) is 13.5. The molecule has 8 rings (SSSR count). The molecule has 2 aromatic heterocycles. The van der Waals surface area contributed by atoms with E-state index in [1.807, 2.05) is 18.2 Å². The van der Waals surface area contributed by atoms with Gasteiger partial charge in [0, 0.05) is 38.4 Å². The van der Waals surface area contributed by atoms with Crippen molar-refractivity contribution in [2.24, 2.45) is 0 Å². The van der Waals surface area contributed by atoms with Gasteiger partial charge >= 0.3 is 0 Å². The molecule has 0 bridgehead atoms. The number of nitrogens with zero attached hydrogens (tertiary/aromatic N) is 4. The molecule has 0 spiro atoms. The summed E-state index contributed by atoms with van der Waals surface area (Å²) < 4.78 is 4.64. The van der Waals surface area contributed by atoms with Gasteiger partial charge in [0.2, 0.25) is 0 Å². The number of nitriles is 2. The lowest BCUT2D eigenvalue weighted by atomic mass is 9.85. The Labute approximate surface area is 293 Å². The lowest BCUT2D eigenvalue weighted by Crippen LogP contribution is -2.10. The Morgan fingerprint density at radius 2 is 0.980 bits per heavy atom. The number of aromatic nitrogens is 2. The zero-order valence-corrected chi connectivity index (χ0v) is 29.3. The molecule has 0 aliphatic carbocycles. The summed E-state index contributed by atoms with van der Waals surface area (Å²) in [5.41, 5.74) is 11.2. The average Bonchev–Trinajstić information content (AvgIpc) is 3.61. The Morgan fingerprint density at radius 3 is 1.54 bits per heavy atom. The van der Waals surface area contributed by atoms with Crippen molar-refractivity contribution in [3.8, 4) is 34.6 Å². The molecule has 242 valence electrons. The smallest absolute Gasteiger partial charge is 0.0998 e. The highest BCUT2D eigenvalue weighted by Gasteiger charge is 2.25. The minimum Gasteiger partial charge on any atom is -0.309 e. The molecule has 4 nitrogen and oxygen atoms in total. The zero-order valence-electron chi connectivity index (χ0n) is 29.3. The van der Waals surface area contributed by atoms with Gasteiger partial charge < -0.3 is 9.13 Å². The van der Waals surface area contributed by atoms with Gasteiger partial charge in [-0.2, -0.15) is 10.5 Å². The topological polar surface area (TPSA) is 57.4 Å². The number of fused-ring (bicyclic) bond motifs is 6. The van der Waals surface area contributed by atoms with Crippen molar-refractivity contribution in [1.29, 1.82) is 10.5 Å². The molecule has 0 saturated heterocycles. The van der Waals surface area contributed by atoms with Crippen LogP contribution in [0.25, 0.3) is 66.1 Å². The Balaban J connectivity index is 1.60.